The molecule has 0 atom stereocenters. The third kappa shape index (κ3) is 27.2. The van der Waals surface area contributed by atoms with Crippen LogP contribution >= 0.6 is 27.3 Å². The first-order valence-corrected chi connectivity index (χ1v) is 16.5. The normalized spacial score (nSPS) is 11.2. The van der Waals surface area contributed by atoms with Gasteiger partial charge in [-0.3, -0.25) is 0 Å². The smallest absolute Gasteiger partial charge is 0.230 e. The van der Waals surface area contributed by atoms with E-state index in [1.807, 2.05) is 24.3 Å². The summed E-state index contributed by atoms with van der Waals surface area (Å²) in [5.41, 5.74) is 1.76. The molecule has 0 unspecified atom stereocenters. The quantitative estimate of drug-likeness (QED) is 0.0710. The summed E-state index contributed by atoms with van der Waals surface area (Å²) in [6.07, 6.45) is 3.59. The molecule has 0 aliphatic heterocycles. The van der Waals surface area contributed by atoms with Gasteiger partial charge in [-0.2, -0.15) is 0 Å². The number of hydrogen-bond donors (Lipinski definition) is 4. The largest absolute Gasteiger partial charge is 0.394 e. The van der Waals surface area contributed by atoms with E-state index in [4.69, 9.17) is 48.5 Å². The molecular formula is C29H49BrN4O10S. The summed E-state index contributed by atoms with van der Waals surface area (Å²) in [5.74, 6) is 0. The SMILES string of the molecule is OCCOCCCCOCCOCCO.OCCOCCOCCOCCOCCNc1ccc(N=Nc2ncc(Br)s2)cc1. The highest BCUT2D eigenvalue weighted by Crippen LogP contribution is 2.27. The topological polar surface area (TPSA) is 175 Å². The summed E-state index contributed by atoms with van der Waals surface area (Å²) >= 11 is 4.78. The average molecular weight is 726 g/mol. The minimum absolute atomic E-state index is 0.0324. The van der Waals surface area contributed by atoms with E-state index in [-0.39, 0.29) is 19.8 Å². The van der Waals surface area contributed by atoms with Gasteiger partial charge in [-0.25, -0.2) is 4.98 Å². The molecule has 0 spiro atoms. The molecule has 0 fully saturated rings. The Morgan fingerprint density at radius 2 is 1.04 bits per heavy atom. The van der Waals surface area contributed by atoms with Gasteiger partial charge in [-0.05, 0) is 53.0 Å². The predicted octanol–water partition coefficient (Wildman–Crippen LogP) is 3.59. The first kappa shape index (κ1) is 41.4. The molecule has 0 bridgehead atoms. The van der Waals surface area contributed by atoms with E-state index in [0.29, 0.717) is 104 Å². The van der Waals surface area contributed by atoms with Crippen molar-refractivity contribution in [1.29, 1.82) is 0 Å². The molecule has 0 amide bonds. The minimum Gasteiger partial charge on any atom is -0.394 e. The maximum atomic E-state index is 8.55. The number of hydrogen-bond acceptors (Lipinski definition) is 15. The lowest BCUT2D eigenvalue weighted by atomic mass is 10.3. The zero-order valence-electron chi connectivity index (χ0n) is 25.9. The number of ether oxygens (including phenoxy) is 7. The molecule has 1 aromatic heterocycles. The Bertz CT molecular complexity index is 919. The summed E-state index contributed by atoms with van der Waals surface area (Å²) in [4.78, 5) is 4.11. The van der Waals surface area contributed by atoms with Crippen molar-refractivity contribution in [2.24, 2.45) is 10.2 Å². The molecule has 258 valence electrons. The zero-order chi connectivity index (χ0) is 32.5. The maximum Gasteiger partial charge on any atom is 0.230 e. The van der Waals surface area contributed by atoms with Crippen molar-refractivity contribution in [2.45, 2.75) is 12.8 Å². The number of thiazole rings is 1. The molecule has 0 saturated heterocycles. The number of anilines is 1. The number of rotatable bonds is 29. The van der Waals surface area contributed by atoms with E-state index in [1.165, 1.54) is 11.3 Å². The van der Waals surface area contributed by atoms with Crippen LogP contribution in [0.5, 0.6) is 0 Å². The molecule has 0 aliphatic rings. The number of aliphatic hydroxyl groups is 3. The fourth-order valence-electron chi connectivity index (χ4n) is 3.09. The Morgan fingerprint density at radius 3 is 1.51 bits per heavy atom. The van der Waals surface area contributed by atoms with Crippen LogP contribution in [0, 0.1) is 0 Å². The van der Waals surface area contributed by atoms with Crippen molar-refractivity contribution in [2.75, 3.05) is 124 Å². The average Bonchev–Trinajstić information content (AvgIpc) is 3.48. The van der Waals surface area contributed by atoms with E-state index in [1.54, 1.807) is 6.20 Å². The van der Waals surface area contributed by atoms with Gasteiger partial charge >= 0.3 is 0 Å². The van der Waals surface area contributed by atoms with Gasteiger partial charge in [0.05, 0.1) is 115 Å². The highest BCUT2D eigenvalue weighted by atomic mass is 79.9. The third-order valence-corrected chi connectivity index (χ3v) is 6.54. The molecule has 45 heavy (non-hydrogen) atoms. The third-order valence-electron chi connectivity index (χ3n) is 5.18. The second-order valence-corrected chi connectivity index (χ2v) is 11.2. The summed E-state index contributed by atoms with van der Waals surface area (Å²) in [7, 11) is 0. The fourth-order valence-corrected chi connectivity index (χ4v) is 4.10. The van der Waals surface area contributed by atoms with Crippen LogP contribution in [-0.4, -0.2) is 139 Å². The molecule has 0 saturated carbocycles. The number of halogens is 1. The van der Waals surface area contributed by atoms with Crippen LogP contribution in [0.15, 0.2) is 44.5 Å². The number of benzene rings is 1. The van der Waals surface area contributed by atoms with Crippen LogP contribution in [0.2, 0.25) is 0 Å². The van der Waals surface area contributed by atoms with Crippen LogP contribution in [0.4, 0.5) is 16.5 Å². The second kappa shape index (κ2) is 32.3. The number of aromatic nitrogens is 1. The summed E-state index contributed by atoms with van der Waals surface area (Å²) < 4.78 is 37.6. The molecule has 0 radical (unpaired) electrons. The van der Waals surface area contributed by atoms with Crippen LogP contribution in [0.1, 0.15) is 12.8 Å². The Labute approximate surface area is 278 Å². The van der Waals surface area contributed by atoms with Gasteiger partial charge in [0.25, 0.3) is 0 Å². The van der Waals surface area contributed by atoms with E-state index < -0.39 is 0 Å². The number of nitrogens with one attached hydrogen (secondary N) is 1. The van der Waals surface area contributed by atoms with Gasteiger partial charge in [0.2, 0.25) is 5.13 Å². The zero-order valence-corrected chi connectivity index (χ0v) is 28.3. The molecule has 16 heteroatoms. The van der Waals surface area contributed by atoms with E-state index in [9.17, 15) is 0 Å². The van der Waals surface area contributed by atoms with Crippen molar-refractivity contribution >= 4 is 43.8 Å². The van der Waals surface area contributed by atoms with Crippen molar-refractivity contribution in [3.05, 3.63) is 34.2 Å². The summed E-state index contributed by atoms with van der Waals surface area (Å²) in [6, 6.07) is 7.68. The number of nitrogens with zero attached hydrogens (tertiary/aromatic N) is 3. The van der Waals surface area contributed by atoms with E-state index >= 15 is 0 Å². The lowest BCUT2D eigenvalue weighted by molar-refractivity contribution is -0.00463. The van der Waals surface area contributed by atoms with Crippen LogP contribution < -0.4 is 5.32 Å². The van der Waals surface area contributed by atoms with Crippen molar-refractivity contribution in [3.8, 4) is 0 Å². The molecular weight excluding hydrogens is 676 g/mol. The molecule has 1 heterocycles. The monoisotopic (exact) mass is 724 g/mol. The summed E-state index contributed by atoms with van der Waals surface area (Å²) in [6.45, 7) is 8.13. The van der Waals surface area contributed by atoms with E-state index in [0.717, 1.165) is 28.0 Å². The molecule has 2 rings (SSSR count). The van der Waals surface area contributed by atoms with Gasteiger partial charge in [-0.15, -0.1) is 10.2 Å². The van der Waals surface area contributed by atoms with Gasteiger partial charge in [0.1, 0.15) is 0 Å². The van der Waals surface area contributed by atoms with Crippen molar-refractivity contribution in [3.63, 3.8) is 0 Å². The van der Waals surface area contributed by atoms with Gasteiger partial charge < -0.3 is 53.8 Å². The Kier molecular flexibility index (Phi) is 29.7. The van der Waals surface area contributed by atoms with Gasteiger partial charge in [0.15, 0.2) is 0 Å². The number of aliphatic hydroxyl groups excluding tert-OH is 3. The molecule has 0 aliphatic carbocycles. The fraction of sp³-hybridized carbons (Fsp3) is 0.690. The van der Waals surface area contributed by atoms with Crippen LogP contribution in [0.3, 0.4) is 0 Å². The second-order valence-electron chi connectivity index (χ2n) is 8.79. The highest BCUT2D eigenvalue weighted by Gasteiger charge is 1.98. The molecule has 2 aromatic rings. The highest BCUT2D eigenvalue weighted by molar-refractivity contribution is 9.11. The maximum absolute atomic E-state index is 8.55. The van der Waals surface area contributed by atoms with Crippen LogP contribution in [-0.2, 0) is 33.2 Å². The minimum atomic E-state index is 0.0324. The number of unbranched alkanes of at least 4 members (excludes halogenated alkanes) is 1. The molecule has 14 nitrogen and oxygen atoms in total. The van der Waals surface area contributed by atoms with Crippen LogP contribution in [0.25, 0.3) is 0 Å². The Morgan fingerprint density at radius 1 is 0.600 bits per heavy atom. The van der Waals surface area contributed by atoms with Crippen molar-refractivity contribution < 1.29 is 48.5 Å². The first-order chi connectivity index (χ1) is 22.2. The number of azo groups is 1. The van der Waals surface area contributed by atoms with E-state index in [2.05, 4.69) is 36.5 Å². The lowest BCUT2D eigenvalue weighted by Crippen LogP contribution is -2.14. The predicted molar refractivity (Wildman–Crippen MR) is 175 cm³/mol. The Hall–Kier alpha value is -1.67. The van der Waals surface area contributed by atoms with Gasteiger partial charge in [0, 0.05) is 25.4 Å². The Balaban J connectivity index is 0.000000570. The lowest BCUT2D eigenvalue weighted by Gasteiger charge is -2.08. The molecule has 4 N–H and O–H groups in total. The standard InChI is InChI=1S/C19H27BrN4O5S.C10H22O5/c20-18-15-22-19(30-18)24-23-17-3-1-16(2-4-17)21-5-7-26-9-11-28-13-14-29-12-10-27-8-6-25;11-3-7-13-5-1-2-6-14-9-10-15-8-4-12/h1-4,15,21,25H,5-14H2;11-12H,1-10H2. The molecule has 1 aromatic carbocycles. The van der Waals surface area contributed by atoms with Crippen molar-refractivity contribution in [1.82, 2.24) is 4.98 Å². The van der Waals surface area contributed by atoms with Gasteiger partial charge in [-0.1, -0.05) is 11.3 Å². The first-order valence-electron chi connectivity index (χ1n) is 14.9. The summed E-state index contributed by atoms with van der Waals surface area (Å²) in [5, 5.41) is 37.6.